The number of fused-ring (bicyclic) bond motifs is 1. The van der Waals surface area contributed by atoms with Crippen molar-refractivity contribution in [3.63, 3.8) is 0 Å². The van der Waals surface area contributed by atoms with Crippen LogP contribution in [0, 0.1) is 17.8 Å². The maximum Gasteiger partial charge on any atom is 0.333 e. The molecule has 0 unspecified atom stereocenters. The SMILES string of the molecule is C=C1/C=C(\C)[C@H](C)C[C@@H](O)CC(=O)[C@H](O)[C@@H](O)[C@H](C)C[C@H](CO)OC(=O)/C(C)=C/CCCC[C@H]2O[C@H]2C[C@H](C)C1. The van der Waals surface area contributed by atoms with E-state index in [1.54, 1.807) is 13.8 Å². The fraction of sp³-hybridized carbons (Fsp3) is 0.750. The minimum atomic E-state index is -1.69. The average molecular weight is 565 g/mol. The number of rotatable bonds is 1. The molecule has 2 heterocycles. The van der Waals surface area contributed by atoms with E-state index >= 15 is 0 Å². The van der Waals surface area contributed by atoms with Crippen molar-refractivity contribution >= 4 is 11.8 Å². The van der Waals surface area contributed by atoms with Crippen LogP contribution < -0.4 is 0 Å². The van der Waals surface area contributed by atoms with Crippen LogP contribution in [0.1, 0.15) is 92.4 Å². The highest BCUT2D eigenvalue weighted by molar-refractivity contribution is 5.87. The van der Waals surface area contributed by atoms with E-state index < -0.39 is 48.7 Å². The molecule has 0 saturated carbocycles. The van der Waals surface area contributed by atoms with Crippen LogP contribution in [-0.2, 0) is 19.1 Å². The second-order valence-corrected chi connectivity index (χ2v) is 12.3. The van der Waals surface area contributed by atoms with Gasteiger partial charge in [0.05, 0.1) is 31.0 Å². The number of ketones is 1. The smallest absolute Gasteiger partial charge is 0.333 e. The molecule has 0 radical (unpaired) electrons. The molecule has 0 aromatic rings. The number of cyclic esters (lactones) is 1. The van der Waals surface area contributed by atoms with Crippen LogP contribution in [0.4, 0.5) is 0 Å². The monoisotopic (exact) mass is 564 g/mol. The standard InChI is InChI=1S/C32H52O8/c1-19-12-20(2)14-29-28(40-29)11-9-7-8-10-21(3)32(38)39-26(18-33)16-24(6)30(36)31(37)27(35)17-25(34)15-23(5)22(4)13-19/h10,13,20,23-26,28-31,33-34,36-37H,1,7-9,11-12,14-18H2,2-6H3/b21-10+,22-13+/t20-,23-,24-,25-,26-,28-,29+,30+,31+/m1/s1. The topological polar surface area (TPSA) is 137 Å². The quantitative estimate of drug-likeness (QED) is 0.275. The molecule has 0 bridgehead atoms. The zero-order chi connectivity index (χ0) is 30.0. The Morgan fingerprint density at radius 3 is 2.35 bits per heavy atom. The van der Waals surface area contributed by atoms with Crippen molar-refractivity contribution in [2.75, 3.05) is 6.61 Å². The summed E-state index contributed by atoms with van der Waals surface area (Å²) in [5.74, 6) is -1.41. The van der Waals surface area contributed by atoms with E-state index in [0.29, 0.717) is 24.0 Å². The molecule has 1 fully saturated rings. The van der Waals surface area contributed by atoms with E-state index in [4.69, 9.17) is 9.47 Å². The van der Waals surface area contributed by atoms with Gasteiger partial charge in [-0.3, -0.25) is 4.79 Å². The first-order chi connectivity index (χ1) is 18.8. The minimum Gasteiger partial charge on any atom is -0.457 e. The molecule has 2 rings (SSSR count). The first kappa shape index (κ1) is 34.4. The summed E-state index contributed by atoms with van der Waals surface area (Å²) in [5, 5.41) is 41.4. The van der Waals surface area contributed by atoms with Gasteiger partial charge in [0.25, 0.3) is 0 Å². The van der Waals surface area contributed by atoms with Crippen molar-refractivity contribution < 1.29 is 39.5 Å². The van der Waals surface area contributed by atoms with E-state index in [1.807, 2.05) is 19.9 Å². The molecule has 0 aliphatic carbocycles. The molecule has 8 nitrogen and oxygen atoms in total. The molecule has 0 spiro atoms. The van der Waals surface area contributed by atoms with E-state index in [2.05, 4.69) is 19.6 Å². The number of carbonyl (C=O) groups is 2. The average Bonchev–Trinajstić information content (AvgIpc) is 3.62. The number of allylic oxidation sites excluding steroid dienone is 4. The van der Waals surface area contributed by atoms with Gasteiger partial charge in [-0.05, 0) is 76.5 Å². The third-order valence-electron chi connectivity index (χ3n) is 8.27. The summed E-state index contributed by atoms with van der Waals surface area (Å²) < 4.78 is 11.3. The number of hydrogen-bond donors (Lipinski definition) is 4. The fourth-order valence-corrected chi connectivity index (χ4v) is 5.47. The second-order valence-electron chi connectivity index (χ2n) is 12.3. The molecule has 2 aliphatic heterocycles. The van der Waals surface area contributed by atoms with Gasteiger partial charge in [-0.25, -0.2) is 4.79 Å². The lowest BCUT2D eigenvalue weighted by atomic mass is 9.88. The van der Waals surface area contributed by atoms with Gasteiger partial charge in [-0.1, -0.05) is 57.1 Å². The summed E-state index contributed by atoms with van der Waals surface area (Å²) in [4.78, 5) is 25.2. The zero-order valence-electron chi connectivity index (χ0n) is 25.1. The van der Waals surface area contributed by atoms with Crippen LogP contribution in [0.5, 0.6) is 0 Å². The summed E-state index contributed by atoms with van der Waals surface area (Å²) in [6, 6.07) is 0. The van der Waals surface area contributed by atoms with E-state index in [9.17, 15) is 30.0 Å². The number of hydrogen-bond acceptors (Lipinski definition) is 8. The molecule has 0 aromatic carbocycles. The Morgan fingerprint density at radius 2 is 1.68 bits per heavy atom. The van der Waals surface area contributed by atoms with Gasteiger partial charge in [0.15, 0.2) is 5.78 Å². The van der Waals surface area contributed by atoms with Gasteiger partial charge in [-0.15, -0.1) is 0 Å². The molecule has 2 aliphatic rings. The van der Waals surface area contributed by atoms with Crippen LogP contribution in [0.15, 0.2) is 35.5 Å². The zero-order valence-corrected chi connectivity index (χ0v) is 25.1. The molecular weight excluding hydrogens is 512 g/mol. The third kappa shape index (κ3) is 11.6. The van der Waals surface area contributed by atoms with Gasteiger partial charge in [0.1, 0.15) is 12.2 Å². The molecule has 4 N–H and O–H groups in total. The molecule has 9 atom stereocenters. The van der Waals surface area contributed by atoms with Crippen molar-refractivity contribution in [1.82, 2.24) is 0 Å². The van der Waals surface area contributed by atoms with Crippen LogP contribution in [0.2, 0.25) is 0 Å². The Morgan fingerprint density at radius 1 is 0.975 bits per heavy atom. The predicted octanol–water partition coefficient (Wildman–Crippen LogP) is 4.19. The maximum atomic E-state index is 12.6. The van der Waals surface area contributed by atoms with Crippen molar-refractivity contribution in [2.45, 2.75) is 129 Å². The number of carbonyl (C=O) groups excluding carboxylic acids is 2. The van der Waals surface area contributed by atoms with Crippen LogP contribution in [0.25, 0.3) is 0 Å². The van der Waals surface area contributed by atoms with E-state index in [0.717, 1.165) is 49.7 Å². The van der Waals surface area contributed by atoms with Crippen molar-refractivity contribution in [3.8, 4) is 0 Å². The summed E-state index contributed by atoms with van der Waals surface area (Å²) in [6.45, 7) is 13.2. The number of aliphatic hydroxyl groups excluding tert-OH is 4. The number of Topliss-reactive ketones (excluding diaryl/α,β-unsaturated/α-hetero) is 1. The number of aliphatic hydroxyl groups is 4. The van der Waals surface area contributed by atoms with E-state index in [-0.39, 0.29) is 24.9 Å². The Hall–Kier alpha value is -1.84. The molecule has 40 heavy (non-hydrogen) atoms. The van der Waals surface area contributed by atoms with Crippen molar-refractivity contribution in [3.05, 3.63) is 35.5 Å². The largest absolute Gasteiger partial charge is 0.457 e. The van der Waals surface area contributed by atoms with Crippen LogP contribution >= 0.6 is 0 Å². The van der Waals surface area contributed by atoms with Gasteiger partial charge in [0, 0.05) is 12.0 Å². The highest BCUT2D eigenvalue weighted by Crippen LogP contribution is 2.34. The number of epoxide rings is 1. The normalized spacial score (nSPS) is 39.7. The lowest BCUT2D eigenvalue weighted by Crippen LogP contribution is -2.41. The highest BCUT2D eigenvalue weighted by Gasteiger charge is 2.38. The van der Waals surface area contributed by atoms with Gasteiger partial charge in [0.2, 0.25) is 0 Å². The van der Waals surface area contributed by atoms with Crippen LogP contribution in [0.3, 0.4) is 0 Å². The Balaban J connectivity index is 2.10. The molecular formula is C32H52O8. The van der Waals surface area contributed by atoms with Crippen molar-refractivity contribution in [1.29, 1.82) is 0 Å². The molecule has 0 aromatic heterocycles. The minimum absolute atomic E-state index is 0.00283. The summed E-state index contributed by atoms with van der Waals surface area (Å²) in [6.07, 6.45) is 5.12. The molecule has 228 valence electrons. The Kier molecular flexibility index (Phi) is 14.2. The number of esters is 1. The molecule has 8 heteroatoms. The van der Waals surface area contributed by atoms with Gasteiger partial charge < -0.3 is 29.9 Å². The Labute approximate surface area is 240 Å². The first-order valence-electron chi connectivity index (χ1n) is 14.9. The fourth-order valence-electron chi connectivity index (χ4n) is 5.47. The highest BCUT2D eigenvalue weighted by atomic mass is 16.6. The third-order valence-corrected chi connectivity index (χ3v) is 8.27. The lowest BCUT2D eigenvalue weighted by molar-refractivity contribution is -0.149. The number of ether oxygens (including phenoxy) is 2. The van der Waals surface area contributed by atoms with Gasteiger partial charge in [-0.2, -0.15) is 0 Å². The van der Waals surface area contributed by atoms with Crippen molar-refractivity contribution in [2.24, 2.45) is 17.8 Å². The predicted molar refractivity (Wildman–Crippen MR) is 154 cm³/mol. The maximum absolute atomic E-state index is 12.6. The molecule has 1 saturated heterocycles. The Bertz CT molecular complexity index is 909. The summed E-state index contributed by atoms with van der Waals surface area (Å²) in [5.41, 5.74) is 2.54. The molecule has 0 amide bonds. The van der Waals surface area contributed by atoms with Crippen LogP contribution in [-0.4, -0.2) is 75.4 Å². The van der Waals surface area contributed by atoms with E-state index in [1.165, 1.54) is 0 Å². The second kappa shape index (κ2) is 16.6. The van der Waals surface area contributed by atoms with Gasteiger partial charge >= 0.3 is 5.97 Å². The summed E-state index contributed by atoms with van der Waals surface area (Å²) in [7, 11) is 0. The lowest BCUT2D eigenvalue weighted by Gasteiger charge is -2.27. The first-order valence-corrected chi connectivity index (χ1v) is 14.9. The summed E-state index contributed by atoms with van der Waals surface area (Å²) >= 11 is 0.